The zero-order valence-electron chi connectivity index (χ0n) is 37.1. The quantitative estimate of drug-likeness (QED) is 0.175. The van der Waals surface area contributed by atoms with E-state index < -0.39 is 5.89 Å². The second kappa shape index (κ2) is 15.2. The molecule has 0 aliphatic rings. The number of hydrogen-bond acceptors (Lipinski definition) is 3. The van der Waals surface area contributed by atoms with Crippen LogP contribution in [0.15, 0.2) is 140 Å². The summed E-state index contributed by atoms with van der Waals surface area (Å²) in [5.41, 5.74) is 16.9. The summed E-state index contributed by atoms with van der Waals surface area (Å²) < 4.78 is 10.7. The number of rotatable bonds is 7. The van der Waals surface area contributed by atoms with E-state index in [-0.39, 0.29) is 16.6 Å². The molecule has 0 saturated carbocycles. The highest BCUT2D eigenvalue weighted by Crippen LogP contribution is 2.43. The molecule has 0 aliphatic carbocycles. The van der Waals surface area contributed by atoms with Gasteiger partial charge in [0.25, 0.3) is 0 Å². The second-order valence-corrected chi connectivity index (χ2v) is 18.3. The van der Waals surface area contributed by atoms with Gasteiger partial charge in [-0.1, -0.05) is 140 Å². The van der Waals surface area contributed by atoms with Gasteiger partial charge in [-0.15, -0.1) is 0 Å². The minimum Gasteiger partial charge on any atom is -0.507 e. The number of hydrogen-bond donors (Lipinski definition) is 1. The topological polar surface area (TPSA) is 50.9 Å². The molecule has 0 aliphatic heterocycles. The Morgan fingerprint density at radius 1 is 0.593 bits per heavy atom. The molecule has 296 valence electrons. The van der Waals surface area contributed by atoms with E-state index in [0.717, 1.165) is 78.0 Å². The lowest BCUT2D eigenvalue weighted by molar-refractivity contribution is 0.472. The lowest BCUT2D eigenvalue weighted by atomic mass is 9.83. The Morgan fingerprint density at radius 2 is 1.31 bits per heavy atom. The van der Waals surface area contributed by atoms with Crippen molar-refractivity contribution in [3.05, 3.63) is 167 Å². The van der Waals surface area contributed by atoms with Crippen molar-refractivity contribution in [3.63, 3.8) is 0 Å². The zero-order valence-corrected chi connectivity index (χ0v) is 36.1. The largest absolute Gasteiger partial charge is 0.507 e. The van der Waals surface area contributed by atoms with Crippen LogP contribution in [-0.4, -0.2) is 19.6 Å². The van der Waals surface area contributed by atoms with Gasteiger partial charge in [-0.3, -0.25) is 9.55 Å². The van der Waals surface area contributed by atoms with E-state index in [1.807, 2.05) is 57.3 Å². The Hall–Kier alpha value is -6.26. The van der Waals surface area contributed by atoms with Crippen molar-refractivity contribution in [3.8, 4) is 67.5 Å². The van der Waals surface area contributed by atoms with Crippen LogP contribution < -0.4 is 0 Å². The monoisotopic (exact) mass is 774 g/mol. The third-order valence-electron chi connectivity index (χ3n) is 11.5. The zero-order chi connectivity index (χ0) is 42.7. The predicted octanol–water partition coefficient (Wildman–Crippen LogP) is 14.8. The molecule has 0 amide bonds. The number of pyridine rings is 1. The van der Waals surface area contributed by atoms with Crippen LogP contribution in [0.25, 0.3) is 72.7 Å². The Morgan fingerprint density at radius 3 is 2.00 bits per heavy atom. The fourth-order valence-corrected chi connectivity index (χ4v) is 8.06. The highest BCUT2D eigenvalue weighted by Gasteiger charge is 2.25. The Labute approximate surface area is 351 Å². The van der Waals surface area contributed by atoms with Crippen LogP contribution in [0.4, 0.5) is 0 Å². The average molecular weight is 775 g/mol. The van der Waals surface area contributed by atoms with Gasteiger partial charge in [0.05, 0.1) is 28.0 Å². The maximum atomic E-state index is 11.8. The van der Waals surface area contributed by atoms with E-state index in [4.69, 9.17) is 11.3 Å². The Kier molecular flexibility index (Phi) is 9.83. The summed E-state index contributed by atoms with van der Waals surface area (Å²) in [6, 6.07) is 47.1. The van der Waals surface area contributed by atoms with Crippen molar-refractivity contribution in [2.45, 2.75) is 86.0 Å². The van der Waals surface area contributed by atoms with Gasteiger partial charge in [0.1, 0.15) is 11.6 Å². The third kappa shape index (κ3) is 7.72. The van der Waals surface area contributed by atoms with Crippen LogP contribution in [0, 0.1) is 13.8 Å². The number of benzene rings is 6. The van der Waals surface area contributed by atoms with Crippen molar-refractivity contribution in [1.82, 2.24) is 14.5 Å². The SMILES string of the molecule is [2H]C(C)(C)c1ccc(-c2ccnc(-c3cc(-c4cccc5c4nc(-c4cc(C)cc(C)c4O)n5-c4ccc(C(C)(C)C)cc4-c4ccccc4)cc(C(C)(C)C)c3)c2)cc1. The first kappa shape index (κ1) is 38.3. The number of aromatic nitrogens is 3. The number of para-hydroxylation sites is 1. The summed E-state index contributed by atoms with van der Waals surface area (Å²) in [6.07, 6.45) is 1.89. The minimum absolute atomic E-state index is 0.0603. The number of phenols is 1. The molecule has 8 rings (SSSR count). The van der Waals surface area contributed by atoms with Crippen LogP contribution >= 0.6 is 0 Å². The summed E-state index contributed by atoms with van der Waals surface area (Å²) in [5.74, 6) is 0.252. The van der Waals surface area contributed by atoms with Gasteiger partial charge >= 0.3 is 0 Å². The maximum Gasteiger partial charge on any atom is 0.149 e. The fraction of sp³-hybridized carbons (Fsp3) is 0.236. The Balaban J connectivity index is 1.38. The molecular weight excluding hydrogens is 719 g/mol. The minimum atomic E-state index is -0.661. The third-order valence-corrected chi connectivity index (χ3v) is 11.5. The lowest BCUT2D eigenvalue weighted by Gasteiger charge is -2.23. The van der Waals surface area contributed by atoms with Gasteiger partial charge in [0.2, 0.25) is 0 Å². The smallest absolute Gasteiger partial charge is 0.149 e. The molecule has 0 spiro atoms. The summed E-state index contributed by atoms with van der Waals surface area (Å²) >= 11 is 0. The van der Waals surface area contributed by atoms with E-state index in [1.54, 1.807) is 0 Å². The fourth-order valence-electron chi connectivity index (χ4n) is 8.06. The van der Waals surface area contributed by atoms with E-state index >= 15 is 0 Å². The first-order valence-corrected chi connectivity index (χ1v) is 20.6. The molecule has 59 heavy (non-hydrogen) atoms. The highest BCUT2D eigenvalue weighted by molar-refractivity contribution is 5.98. The molecule has 2 heterocycles. The van der Waals surface area contributed by atoms with Crippen molar-refractivity contribution in [2.75, 3.05) is 0 Å². The molecule has 8 aromatic rings. The molecule has 0 fully saturated rings. The molecule has 0 radical (unpaired) electrons. The first-order valence-electron chi connectivity index (χ1n) is 21.1. The summed E-state index contributed by atoms with van der Waals surface area (Å²) in [4.78, 5) is 10.5. The molecule has 0 atom stereocenters. The van der Waals surface area contributed by atoms with Crippen LogP contribution in [0.3, 0.4) is 0 Å². The molecule has 6 aromatic carbocycles. The van der Waals surface area contributed by atoms with Crippen molar-refractivity contribution in [2.24, 2.45) is 0 Å². The molecule has 4 heteroatoms. The molecule has 0 unspecified atom stereocenters. The van der Waals surface area contributed by atoms with Crippen molar-refractivity contribution >= 4 is 11.0 Å². The van der Waals surface area contributed by atoms with E-state index in [9.17, 15) is 5.11 Å². The van der Waals surface area contributed by atoms with E-state index in [0.29, 0.717) is 11.4 Å². The lowest BCUT2D eigenvalue weighted by Crippen LogP contribution is -2.12. The second-order valence-electron chi connectivity index (χ2n) is 18.3. The van der Waals surface area contributed by atoms with Gasteiger partial charge in [0.15, 0.2) is 0 Å². The first-order chi connectivity index (χ1) is 28.4. The van der Waals surface area contributed by atoms with Crippen molar-refractivity contribution < 1.29 is 6.48 Å². The Bertz CT molecular complexity index is 2880. The summed E-state index contributed by atoms with van der Waals surface area (Å²) in [5, 5.41) is 11.8. The van der Waals surface area contributed by atoms with E-state index in [1.165, 1.54) is 11.1 Å². The van der Waals surface area contributed by atoms with Crippen LogP contribution in [0.1, 0.15) is 90.5 Å². The van der Waals surface area contributed by atoms with Crippen LogP contribution in [0.2, 0.25) is 0 Å². The molecular formula is C55H55N3O. The van der Waals surface area contributed by atoms with Gasteiger partial charge < -0.3 is 5.11 Å². The number of imidazole rings is 1. The van der Waals surface area contributed by atoms with E-state index in [2.05, 4.69) is 156 Å². The standard InChI is InChI=1S/C55H55N3O/c1-34(2)37-19-21-38(22-20-37)40-25-26-56-48(32-40)42-29-41(30-44(31-42)55(8,9)10)45-17-14-18-50-51(45)57-53(47-28-35(3)27-36(4)52(47)59)58(50)49-24-23-43(54(5,6)7)33-46(49)39-15-12-11-13-16-39/h11-34,59H,1-10H3/i34D. The van der Waals surface area contributed by atoms with Crippen LogP contribution in [0.5, 0.6) is 5.75 Å². The van der Waals surface area contributed by atoms with Crippen LogP contribution in [-0.2, 0) is 10.8 Å². The van der Waals surface area contributed by atoms with Gasteiger partial charge in [-0.05, 0) is 129 Å². The molecule has 2 aromatic heterocycles. The van der Waals surface area contributed by atoms with Gasteiger partial charge in [0, 0.05) is 24.3 Å². The number of aromatic hydroxyl groups is 1. The number of nitrogens with zero attached hydrogens (tertiary/aromatic N) is 3. The molecule has 1 N–H and O–H groups in total. The number of phenolic OH excluding ortho intramolecular Hbond substituents is 1. The highest BCUT2D eigenvalue weighted by atomic mass is 16.3. The number of aryl methyl sites for hydroxylation is 2. The number of fused-ring (bicyclic) bond motifs is 1. The van der Waals surface area contributed by atoms with Gasteiger partial charge in [-0.25, -0.2) is 4.98 Å². The normalized spacial score (nSPS) is 12.5. The van der Waals surface area contributed by atoms with Gasteiger partial charge in [-0.2, -0.15) is 0 Å². The summed E-state index contributed by atoms with van der Waals surface area (Å²) in [6.45, 7) is 21.3. The predicted molar refractivity (Wildman–Crippen MR) is 249 cm³/mol. The summed E-state index contributed by atoms with van der Waals surface area (Å²) in [7, 11) is 0. The molecule has 0 saturated heterocycles. The molecule has 4 nitrogen and oxygen atoms in total. The average Bonchev–Trinajstić information content (AvgIpc) is 3.60. The molecule has 0 bridgehead atoms. The maximum absolute atomic E-state index is 11.8. The van der Waals surface area contributed by atoms with Crippen molar-refractivity contribution in [1.29, 1.82) is 0 Å².